The molecule has 1 rings (SSSR count). The maximum absolute atomic E-state index is 11.7. The minimum absolute atomic E-state index is 0.236. The minimum atomic E-state index is 0.236. The lowest BCUT2D eigenvalue weighted by atomic mass is 9.88. The zero-order chi connectivity index (χ0) is 11.6. The number of rotatable bonds is 4. The molecular weight excluding hydrogens is 186 g/mol. The molecule has 0 aliphatic carbocycles. The first-order valence-corrected chi connectivity index (χ1v) is 5.93. The molecule has 0 aromatic carbocycles. The van der Waals surface area contributed by atoms with Crippen LogP contribution in [-0.2, 0) is 4.79 Å². The van der Waals surface area contributed by atoms with Gasteiger partial charge in [-0.15, -0.1) is 0 Å². The number of hydrogen-bond acceptors (Lipinski definition) is 1. The molecule has 86 valence electrons. The van der Waals surface area contributed by atoms with E-state index in [1.165, 1.54) is 5.57 Å². The normalized spacial score (nSPS) is 19.1. The van der Waals surface area contributed by atoms with Gasteiger partial charge in [-0.1, -0.05) is 39.8 Å². The van der Waals surface area contributed by atoms with Crippen LogP contribution >= 0.6 is 0 Å². The Labute approximate surface area is 93.3 Å². The van der Waals surface area contributed by atoms with Gasteiger partial charge in [-0.2, -0.15) is 0 Å². The summed E-state index contributed by atoms with van der Waals surface area (Å²) < 4.78 is 0. The Morgan fingerprint density at radius 3 is 2.27 bits per heavy atom. The number of carbonyl (C=O) groups is 1. The Kier molecular flexibility index (Phi) is 3.95. The second kappa shape index (κ2) is 4.82. The molecule has 1 atom stereocenters. The lowest BCUT2D eigenvalue weighted by Gasteiger charge is -2.34. The largest absolute Gasteiger partial charge is 0.336 e. The number of hydrogen-bond donors (Lipinski definition) is 0. The third-order valence-electron chi connectivity index (χ3n) is 3.20. The van der Waals surface area contributed by atoms with E-state index in [-0.39, 0.29) is 6.04 Å². The molecule has 0 aromatic heterocycles. The smallest absolute Gasteiger partial charge is 0.223 e. The van der Waals surface area contributed by atoms with Crippen LogP contribution in [0.3, 0.4) is 0 Å². The number of nitrogens with zero attached hydrogens (tertiary/aromatic N) is 1. The highest BCUT2D eigenvalue weighted by Crippen LogP contribution is 2.27. The molecule has 0 spiro atoms. The van der Waals surface area contributed by atoms with Crippen molar-refractivity contribution in [1.29, 1.82) is 0 Å². The summed E-state index contributed by atoms with van der Waals surface area (Å²) in [6.45, 7) is 13.7. The third-order valence-corrected chi connectivity index (χ3v) is 3.20. The van der Waals surface area contributed by atoms with Crippen LogP contribution in [0.5, 0.6) is 0 Å². The quantitative estimate of drug-likeness (QED) is 0.652. The van der Waals surface area contributed by atoms with Gasteiger partial charge in [-0.05, 0) is 18.3 Å². The standard InChI is InChI=1S/C13H23NO/c1-9(2)11(5)13(10(3)4)14-8-6-7-12(14)15/h9-10,13H,5-8H2,1-4H3. The molecule has 0 saturated carbocycles. The van der Waals surface area contributed by atoms with Crippen LogP contribution in [0.2, 0.25) is 0 Å². The molecule has 0 N–H and O–H groups in total. The molecule has 0 bridgehead atoms. The molecule has 1 aliphatic heterocycles. The van der Waals surface area contributed by atoms with E-state index in [0.29, 0.717) is 24.2 Å². The van der Waals surface area contributed by atoms with Crippen LogP contribution in [0, 0.1) is 11.8 Å². The number of likely N-dealkylation sites (tertiary alicyclic amines) is 1. The number of carbonyl (C=O) groups excluding carboxylic acids is 1. The monoisotopic (exact) mass is 209 g/mol. The van der Waals surface area contributed by atoms with Gasteiger partial charge in [0, 0.05) is 13.0 Å². The van der Waals surface area contributed by atoms with E-state index in [9.17, 15) is 4.79 Å². The SMILES string of the molecule is C=C(C(C)C)C(C(C)C)N1CCCC1=O. The summed E-state index contributed by atoms with van der Waals surface area (Å²) in [6, 6.07) is 0.236. The average molecular weight is 209 g/mol. The fourth-order valence-corrected chi connectivity index (χ4v) is 2.29. The van der Waals surface area contributed by atoms with Crippen molar-refractivity contribution in [2.24, 2.45) is 11.8 Å². The Bertz CT molecular complexity index is 255. The van der Waals surface area contributed by atoms with E-state index in [2.05, 4.69) is 34.3 Å². The summed E-state index contributed by atoms with van der Waals surface area (Å²) in [5.74, 6) is 1.21. The van der Waals surface area contributed by atoms with E-state index in [1.54, 1.807) is 0 Å². The molecule has 1 aliphatic rings. The second-order valence-electron chi connectivity index (χ2n) is 5.11. The molecule has 2 nitrogen and oxygen atoms in total. The predicted octanol–water partition coefficient (Wildman–Crippen LogP) is 2.85. The molecule has 15 heavy (non-hydrogen) atoms. The van der Waals surface area contributed by atoms with Gasteiger partial charge in [0.05, 0.1) is 6.04 Å². The molecule has 0 radical (unpaired) electrons. The van der Waals surface area contributed by atoms with Crippen LogP contribution in [0.4, 0.5) is 0 Å². The van der Waals surface area contributed by atoms with E-state index < -0.39 is 0 Å². The molecule has 1 saturated heterocycles. The highest BCUT2D eigenvalue weighted by atomic mass is 16.2. The van der Waals surface area contributed by atoms with Crippen molar-refractivity contribution in [2.75, 3.05) is 6.54 Å². The van der Waals surface area contributed by atoms with Gasteiger partial charge in [0.1, 0.15) is 0 Å². The van der Waals surface area contributed by atoms with E-state index >= 15 is 0 Å². The van der Waals surface area contributed by atoms with Gasteiger partial charge >= 0.3 is 0 Å². The molecule has 0 aromatic rings. The van der Waals surface area contributed by atoms with Gasteiger partial charge in [0.15, 0.2) is 0 Å². The fourth-order valence-electron chi connectivity index (χ4n) is 2.29. The third kappa shape index (κ3) is 2.61. The van der Waals surface area contributed by atoms with E-state index in [1.807, 2.05) is 4.90 Å². The first-order valence-electron chi connectivity index (χ1n) is 5.93. The first-order chi connectivity index (χ1) is 6.95. The summed E-state index contributed by atoms with van der Waals surface area (Å²) >= 11 is 0. The van der Waals surface area contributed by atoms with Crippen molar-refractivity contribution in [2.45, 2.75) is 46.6 Å². The molecule has 1 unspecified atom stereocenters. The highest BCUT2D eigenvalue weighted by molar-refractivity contribution is 5.78. The van der Waals surface area contributed by atoms with Crippen molar-refractivity contribution in [3.8, 4) is 0 Å². The fraction of sp³-hybridized carbons (Fsp3) is 0.769. The Hall–Kier alpha value is -0.790. The zero-order valence-electron chi connectivity index (χ0n) is 10.4. The molecule has 2 heteroatoms. The highest BCUT2D eigenvalue weighted by Gasteiger charge is 2.32. The van der Waals surface area contributed by atoms with E-state index in [0.717, 1.165) is 13.0 Å². The topological polar surface area (TPSA) is 20.3 Å². The zero-order valence-corrected chi connectivity index (χ0v) is 10.4. The maximum Gasteiger partial charge on any atom is 0.223 e. The van der Waals surface area contributed by atoms with Crippen molar-refractivity contribution >= 4 is 5.91 Å². The van der Waals surface area contributed by atoms with Gasteiger partial charge in [0.2, 0.25) is 5.91 Å². The summed E-state index contributed by atoms with van der Waals surface area (Å²) in [4.78, 5) is 13.8. The molecule has 1 heterocycles. The lowest BCUT2D eigenvalue weighted by Crippen LogP contribution is -2.42. The molecular formula is C13H23NO. The Morgan fingerprint density at radius 2 is 1.93 bits per heavy atom. The molecule has 1 fully saturated rings. The summed E-state index contributed by atoms with van der Waals surface area (Å²) in [5.41, 5.74) is 1.19. The van der Waals surface area contributed by atoms with Crippen LogP contribution in [0.1, 0.15) is 40.5 Å². The van der Waals surface area contributed by atoms with Crippen molar-refractivity contribution in [3.05, 3.63) is 12.2 Å². The molecule has 1 amide bonds. The van der Waals surface area contributed by atoms with Crippen molar-refractivity contribution in [1.82, 2.24) is 4.90 Å². The predicted molar refractivity (Wildman–Crippen MR) is 63.6 cm³/mol. The summed E-state index contributed by atoms with van der Waals surface area (Å²) in [7, 11) is 0. The van der Waals surface area contributed by atoms with Gasteiger partial charge < -0.3 is 4.90 Å². The average Bonchev–Trinajstić information content (AvgIpc) is 2.52. The minimum Gasteiger partial charge on any atom is -0.336 e. The van der Waals surface area contributed by atoms with Gasteiger partial charge in [0.25, 0.3) is 0 Å². The van der Waals surface area contributed by atoms with Crippen molar-refractivity contribution in [3.63, 3.8) is 0 Å². The maximum atomic E-state index is 11.7. The Balaban J connectivity index is 2.82. The Morgan fingerprint density at radius 1 is 1.33 bits per heavy atom. The van der Waals surface area contributed by atoms with Gasteiger partial charge in [-0.3, -0.25) is 4.79 Å². The van der Waals surface area contributed by atoms with Gasteiger partial charge in [-0.25, -0.2) is 0 Å². The van der Waals surface area contributed by atoms with Crippen LogP contribution in [-0.4, -0.2) is 23.4 Å². The van der Waals surface area contributed by atoms with Crippen molar-refractivity contribution < 1.29 is 4.79 Å². The first kappa shape index (κ1) is 12.3. The van der Waals surface area contributed by atoms with Crippen LogP contribution in [0.15, 0.2) is 12.2 Å². The lowest BCUT2D eigenvalue weighted by molar-refractivity contribution is -0.129. The summed E-state index contributed by atoms with van der Waals surface area (Å²) in [5, 5.41) is 0. The second-order valence-corrected chi connectivity index (χ2v) is 5.11. The summed E-state index contributed by atoms with van der Waals surface area (Å²) in [6.07, 6.45) is 1.72. The van der Waals surface area contributed by atoms with E-state index in [4.69, 9.17) is 0 Å². The van der Waals surface area contributed by atoms with Crippen LogP contribution < -0.4 is 0 Å². The van der Waals surface area contributed by atoms with Crippen LogP contribution in [0.25, 0.3) is 0 Å². The number of amides is 1.